The van der Waals surface area contributed by atoms with Crippen LogP contribution in [-0.4, -0.2) is 17.2 Å². The summed E-state index contributed by atoms with van der Waals surface area (Å²) in [5.41, 5.74) is 0.469. The molecule has 0 aromatic carbocycles. The molecule has 0 radical (unpaired) electrons. The fraction of sp³-hybridized carbons (Fsp3) is 0.792. The second-order valence-electron chi connectivity index (χ2n) is 11.2. The third-order valence-electron chi connectivity index (χ3n) is 9.86. The van der Waals surface area contributed by atoms with Crippen molar-refractivity contribution in [2.24, 2.45) is 51.8 Å². The number of ether oxygens (including phenoxy) is 1. The van der Waals surface area contributed by atoms with Gasteiger partial charge >= 0.3 is 11.9 Å². The average molecular weight is 419 g/mol. The van der Waals surface area contributed by atoms with Crippen LogP contribution in [0, 0.1) is 51.8 Å². The lowest BCUT2D eigenvalue weighted by Crippen LogP contribution is -2.64. The van der Waals surface area contributed by atoms with Crippen LogP contribution in [0.25, 0.3) is 0 Å². The maximum atomic E-state index is 12.9. The van der Waals surface area contributed by atoms with E-state index in [-0.39, 0.29) is 57.6 Å². The number of carbonyl (C=O) groups excluding carboxylic acids is 3. The molecule has 2 bridgehead atoms. The predicted octanol–water partition coefficient (Wildman–Crippen LogP) is 4.89. The van der Waals surface area contributed by atoms with Gasteiger partial charge in [-0.25, -0.2) is 0 Å². The highest BCUT2D eigenvalue weighted by molar-refractivity contribution is 6.64. The summed E-state index contributed by atoms with van der Waals surface area (Å²) < 4.78 is 5.22. The Morgan fingerprint density at radius 1 is 1.14 bits per heavy atom. The Balaban J connectivity index is 1.67. The quantitative estimate of drug-likeness (QED) is 0.277. The van der Waals surface area contributed by atoms with E-state index < -0.39 is 5.41 Å². The van der Waals surface area contributed by atoms with Crippen LogP contribution in [0.4, 0.5) is 0 Å². The van der Waals surface area contributed by atoms with Crippen molar-refractivity contribution in [1.29, 1.82) is 0 Å². The first kappa shape index (κ1) is 19.8. The zero-order valence-electron chi connectivity index (χ0n) is 17.8. The van der Waals surface area contributed by atoms with E-state index in [1.807, 2.05) is 0 Å². The van der Waals surface area contributed by atoms with Gasteiger partial charge in [-0.05, 0) is 72.8 Å². The minimum absolute atomic E-state index is 0.0516. The number of halogens is 1. The van der Waals surface area contributed by atoms with Crippen molar-refractivity contribution in [3.8, 4) is 0 Å². The molecule has 1 spiro atoms. The van der Waals surface area contributed by atoms with Gasteiger partial charge in [-0.1, -0.05) is 45.8 Å². The molecule has 1 saturated heterocycles. The summed E-state index contributed by atoms with van der Waals surface area (Å²) in [7, 11) is 0. The molecule has 29 heavy (non-hydrogen) atoms. The second kappa shape index (κ2) is 5.96. The van der Waals surface area contributed by atoms with Gasteiger partial charge in [0.15, 0.2) is 0 Å². The number of fused-ring (bicyclic) bond motifs is 1. The molecule has 5 aliphatic carbocycles. The standard InChI is InChI=1S/C24H31ClO4/c1-12(2)14-11-24-9-6-15-22(3,7-5-8-23(15,4)21(25)28)16(24)10-13(14)17-18(24)20(27)29-19(17)26/h11-13,15-18H,5-10H2,1-4H3/t13?,15?,16?,17?,18?,22-,23+,24?/m0/s1. The second-order valence-corrected chi connectivity index (χ2v) is 11.5. The SMILES string of the molecule is CC(C)C1=CC23CCC4[C@](C)(CCC[C@@]4(C)C(=O)Cl)C2CC1C1C(=O)OC(=O)C13. The first-order valence-electron chi connectivity index (χ1n) is 11.2. The summed E-state index contributed by atoms with van der Waals surface area (Å²) >= 11 is 6.16. The van der Waals surface area contributed by atoms with E-state index in [1.54, 1.807) is 0 Å². The molecule has 1 heterocycles. The van der Waals surface area contributed by atoms with Gasteiger partial charge in [0.25, 0.3) is 0 Å². The van der Waals surface area contributed by atoms with Crippen LogP contribution < -0.4 is 0 Å². The van der Waals surface area contributed by atoms with E-state index >= 15 is 0 Å². The zero-order chi connectivity index (χ0) is 20.9. The summed E-state index contributed by atoms with van der Waals surface area (Å²) in [5.74, 6) is -0.337. The maximum absolute atomic E-state index is 12.9. The summed E-state index contributed by atoms with van der Waals surface area (Å²) in [6.07, 6.45) is 7.92. The first-order valence-corrected chi connectivity index (χ1v) is 11.6. The van der Waals surface area contributed by atoms with E-state index in [1.165, 1.54) is 5.57 Å². The van der Waals surface area contributed by atoms with Gasteiger partial charge in [0.1, 0.15) is 0 Å². The van der Waals surface area contributed by atoms with Gasteiger partial charge in [-0.3, -0.25) is 14.4 Å². The molecule has 158 valence electrons. The molecule has 8 atom stereocenters. The number of allylic oxidation sites excluding steroid dienone is 2. The maximum Gasteiger partial charge on any atom is 0.318 e. The van der Waals surface area contributed by atoms with Crippen LogP contribution in [-0.2, 0) is 19.1 Å². The molecule has 0 amide bonds. The number of rotatable bonds is 2. The average Bonchev–Trinajstić information content (AvgIpc) is 2.97. The molecule has 1 aliphatic heterocycles. The van der Waals surface area contributed by atoms with Crippen molar-refractivity contribution in [2.75, 3.05) is 0 Å². The highest BCUT2D eigenvalue weighted by atomic mass is 35.5. The summed E-state index contributed by atoms with van der Waals surface area (Å²) in [6, 6.07) is 0. The monoisotopic (exact) mass is 418 g/mol. The molecule has 6 unspecified atom stereocenters. The van der Waals surface area contributed by atoms with E-state index in [0.29, 0.717) is 5.92 Å². The fourth-order valence-corrected chi connectivity index (χ4v) is 8.97. The predicted molar refractivity (Wildman–Crippen MR) is 109 cm³/mol. The molecule has 0 aromatic rings. The zero-order valence-corrected chi connectivity index (χ0v) is 18.6. The van der Waals surface area contributed by atoms with Crippen molar-refractivity contribution in [1.82, 2.24) is 0 Å². The number of esters is 2. The first-order chi connectivity index (χ1) is 13.6. The van der Waals surface area contributed by atoms with E-state index in [0.717, 1.165) is 38.5 Å². The molecule has 4 fully saturated rings. The summed E-state index contributed by atoms with van der Waals surface area (Å²) in [5, 5.41) is -0.211. The number of carbonyl (C=O) groups is 3. The number of hydrogen-bond donors (Lipinski definition) is 0. The molecule has 0 aromatic heterocycles. The molecular weight excluding hydrogens is 388 g/mol. The topological polar surface area (TPSA) is 60.4 Å². The molecule has 6 rings (SSSR count). The third-order valence-corrected chi connectivity index (χ3v) is 10.3. The van der Waals surface area contributed by atoms with Gasteiger partial charge < -0.3 is 4.74 Å². The van der Waals surface area contributed by atoms with Gasteiger partial charge in [0.2, 0.25) is 5.24 Å². The molecule has 6 aliphatic rings. The smallest absolute Gasteiger partial charge is 0.318 e. The van der Waals surface area contributed by atoms with E-state index in [2.05, 4.69) is 33.8 Å². The summed E-state index contributed by atoms with van der Waals surface area (Å²) in [6.45, 7) is 8.76. The molecule has 0 N–H and O–H groups in total. The summed E-state index contributed by atoms with van der Waals surface area (Å²) in [4.78, 5) is 38.0. The van der Waals surface area contributed by atoms with E-state index in [4.69, 9.17) is 16.3 Å². The van der Waals surface area contributed by atoms with Gasteiger partial charge in [-0.2, -0.15) is 0 Å². The molecule has 3 saturated carbocycles. The highest BCUT2D eigenvalue weighted by Gasteiger charge is 2.72. The minimum atomic E-state index is -0.497. The van der Waals surface area contributed by atoms with E-state index in [9.17, 15) is 14.4 Å². The lowest BCUT2D eigenvalue weighted by atomic mass is 9.35. The fourth-order valence-electron chi connectivity index (χ4n) is 8.74. The van der Waals surface area contributed by atoms with Crippen LogP contribution in [0.3, 0.4) is 0 Å². The van der Waals surface area contributed by atoms with Crippen LogP contribution in [0.2, 0.25) is 0 Å². The Bertz CT molecular complexity index is 846. The normalized spacial score (nSPS) is 50.6. The van der Waals surface area contributed by atoms with Crippen LogP contribution in [0.5, 0.6) is 0 Å². The van der Waals surface area contributed by atoms with Gasteiger partial charge in [-0.15, -0.1) is 0 Å². The van der Waals surface area contributed by atoms with Crippen molar-refractivity contribution in [3.63, 3.8) is 0 Å². The number of hydrogen-bond acceptors (Lipinski definition) is 4. The Labute approximate surface area is 177 Å². The Morgan fingerprint density at radius 2 is 1.86 bits per heavy atom. The molecular formula is C24H31ClO4. The third kappa shape index (κ3) is 2.25. The van der Waals surface area contributed by atoms with Gasteiger partial charge in [0.05, 0.1) is 11.8 Å². The largest absolute Gasteiger partial charge is 0.393 e. The van der Waals surface area contributed by atoms with Crippen LogP contribution >= 0.6 is 11.6 Å². The van der Waals surface area contributed by atoms with Crippen molar-refractivity contribution < 1.29 is 19.1 Å². The Hall–Kier alpha value is -1.16. The highest BCUT2D eigenvalue weighted by Crippen LogP contribution is 2.74. The van der Waals surface area contributed by atoms with Crippen molar-refractivity contribution >= 4 is 28.8 Å². The van der Waals surface area contributed by atoms with Crippen LogP contribution in [0.1, 0.15) is 66.2 Å². The molecule has 5 heteroatoms. The van der Waals surface area contributed by atoms with Crippen molar-refractivity contribution in [2.45, 2.75) is 66.2 Å². The van der Waals surface area contributed by atoms with Gasteiger partial charge in [0, 0.05) is 10.8 Å². The number of cyclic esters (lactones) is 2. The minimum Gasteiger partial charge on any atom is -0.393 e. The van der Waals surface area contributed by atoms with Crippen molar-refractivity contribution in [3.05, 3.63) is 11.6 Å². The Kier molecular flexibility index (Phi) is 4.07. The lowest BCUT2D eigenvalue weighted by Gasteiger charge is -2.68. The van der Waals surface area contributed by atoms with Crippen LogP contribution in [0.15, 0.2) is 11.6 Å². The Morgan fingerprint density at radius 3 is 2.52 bits per heavy atom. The molecule has 4 nitrogen and oxygen atoms in total. The lowest BCUT2D eigenvalue weighted by molar-refractivity contribution is -0.184.